The van der Waals surface area contributed by atoms with Gasteiger partial charge in [-0.2, -0.15) is 0 Å². The van der Waals surface area contributed by atoms with Crippen molar-refractivity contribution < 1.29 is 9.90 Å². The van der Waals surface area contributed by atoms with Gasteiger partial charge in [0.05, 0.1) is 4.70 Å². The lowest BCUT2D eigenvalue weighted by molar-refractivity contribution is 0.0701. The predicted molar refractivity (Wildman–Crippen MR) is 54.6 cm³/mol. The molecule has 5 heteroatoms. The molecule has 0 aliphatic rings. The molecule has 0 aromatic carbocycles. The molecule has 2 rings (SSSR count). The maximum absolute atomic E-state index is 10.8. The van der Waals surface area contributed by atoms with Crippen molar-refractivity contribution in [2.24, 2.45) is 5.73 Å². The fraction of sp³-hybridized carbons (Fsp3) is 0.125. The summed E-state index contributed by atoms with van der Waals surface area (Å²) in [6.45, 7) is 0.294. The lowest BCUT2D eigenvalue weighted by Gasteiger charge is -1.93. The molecule has 0 amide bonds. The van der Waals surface area contributed by atoms with Crippen molar-refractivity contribution in [1.82, 2.24) is 0 Å². The molecule has 0 fully saturated rings. The SMILES string of the molecule is NCc1c(C(=O)O)sc2ccsc12. The molecular formula is C8H7NO2S2. The quantitative estimate of drug-likeness (QED) is 0.803. The molecule has 2 aromatic rings. The number of nitrogens with two attached hydrogens (primary N) is 1. The zero-order chi connectivity index (χ0) is 9.42. The van der Waals surface area contributed by atoms with E-state index in [4.69, 9.17) is 10.8 Å². The van der Waals surface area contributed by atoms with Crippen molar-refractivity contribution in [3.63, 3.8) is 0 Å². The van der Waals surface area contributed by atoms with E-state index >= 15 is 0 Å². The van der Waals surface area contributed by atoms with Gasteiger partial charge in [0, 0.05) is 16.8 Å². The van der Waals surface area contributed by atoms with E-state index in [1.807, 2.05) is 11.4 Å². The second-order valence-corrected chi connectivity index (χ2v) is 4.50. The molecule has 0 spiro atoms. The second-order valence-electron chi connectivity index (χ2n) is 2.53. The minimum absolute atomic E-state index is 0.294. The average Bonchev–Trinajstić information content (AvgIpc) is 2.60. The third-order valence-corrected chi connectivity index (χ3v) is 4.08. The van der Waals surface area contributed by atoms with Crippen molar-refractivity contribution in [3.8, 4) is 0 Å². The van der Waals surface area contributed by atoms with Crippen molar-refractivity contribution in [2.75, 3.05) is 0 Å². The molecule has 0 unspecified atom stereocenters. The molecule has 0 bridgehead atoms. The van der Waals surface area contributed by atoms with Crippen LogP contribution in [-0.4, -0.2) is 11.1 Å². The van der Waals surface area contributed by atoms with Crippen molar-refractivity contribution in [1.29, 1.82) is 0 Å². The largest absolute Gasteiger partial charge is 0.477 e. The van der Waals surface area contributed by atoms with Crippen LogP contribution in [0.3, 0.4) is 0 Å². The number of thiophene rings is 2. The summed E-state index contributed by atoms with van der Waals surface area (Å²) in [6, 6.07) is 1.93. The van der Waals surface area contributed by atoms with Gasteiger partial charge in [0.15, 0.2) is 0 Å². The van der Waals surface area contributed by atoms with Gasteiger partial charge >= 0.3 is 5.97 Å². The minimum Gasteiger partial charge on any atom is -0.477 e. The van der Waals surface area contributed by atoms with E-state index in [0.717, 1.165) is 15.0 Å². The normalized spacial score (nSPS) is 10.8. The Morgan fingerprint density at radius 3 is 3.00 bits per heavy atom. The monoisotopic (exact) mass is 213 g/mol. The van der Waals surface area contributed by atoms with E-state index in [9.17, 15) is 4.79 Å². The molecule has 3 nitrogen and oxygen atoms in total. The lowest BCUT2D eigenvalue weighted by Crippen LogP contribution is -2.02. The molecular weight excluding hydrogens is 206 g/mol. The summed E-state index contributed by atoms with van der Waals surface area (Å²) in [6.07, 6.45) is 0. The number of hydrogen-bond acceptors (Lipinski definition) is 4. The Kier molecular flexibility index (Phi) is 2.07. The topological polar surface area (TPSA) is 63.3 Å². The molecule has 0 aliphatic heterocycles. The van der Waals surface area contributed by atoms with Crippen LogP contribution in [0, 0.1) is 0 Å². The Labute approximate surface area is 82.4 Å². The van der Waals surface area contributed by atoms with Crippen molar-refractivity contribution in [2.45, 2.75) is 6.54 Å². The third-order valence-electron chi connectivity index (χ3n) is 1.79. The highest BCUT2D eigenvalue weighted by atomic mass is 32.1. The Hall–Kier alpha value is -0.910. The molecule has 0 saturated carbocycles. The van der Waals surface area contributed by atoms with Crippen LogP contribution >= 0.6 is 22.7 Å². The highest BCUT2D eigenvalue weighted by molar-refractivity contribution is 7.28. The summed E-state index contributed by atoms with van der Waals surface area (Å²) in [7, 11) is 0. The van der Waals surface area contributed by atoms with Gasteiger partial charge in [-0.3, -0.25) is 0 Å². The minimum atomic E-state index is -0.881. The van der Waals surface area contributed by atoms with Crippen LogP contribution in [0.1, 0.15) is 15.2 Å². The summed E-state index contributed by atoms with van der Waals surface area (Å²) in [5, 5.41) is 10.8. The Morgan fingerprint density at radius 2 is 2.38 bits per heavy atom. The van der Waals surface area contributed by atoms with Crippen LogP contribution in [0.4, 0.5) is 0 Å². The maximum atomic E-state index is 10.8. The summed E-state index contributed by atoms with van der Waals surface area (Å²) in [5.74, 6) is -0.881. The van der Waals surface area contributed by atoms with Crippen molar-refractivity contribution in [3.05, 3.63) is 21.9 Å². The molecule has 13 heavy (non-hydrogen) atoms. The first kappa shape index (κ1) is 8.68. The van der Waals surface area contributed by atoms with E-state index in [-0.39, 0.29) is 0 Å². The summed E-state index contributed by atoms with van der Waals surface area (Å²) < 4.78 is 2.03. The molecule has 68 valence electrons. The van der Waals surface area contributed by atoms with E-state index in [1.165, 1.54) is 11.3 Å². The van der Waals surface area contributed by atoms with Gasteiger partial charge in [0.2, 0.25) is 0 Å². The molecule has 0 radical (unpaired) electrons. The Bertz CT molecular complexity index is 458. The summed E-state index contributed by atoms with van der Waals surface area (Å²) in [4.78, 5) is 11.2. The van der Waals surface area contributed by atoms with Crippen LogP contribution in [0.25, 0.3) is 9.40 Å². The lowest BCUT2D eigenvalue weighted by atomic mass is 10.2. The zero-order valence-electron chi connectivity index (χ0n) is 6.61. The molecule has 0 aliphatic carbocycles. The fourth-order valence-electron chi connectivity index (χ4n) is 1.23. The van der Waals surface area contributed by atoms with Crippen LogP contribution in [0.15, 0.2) is 11.4 Å². The highest BCUT2D eigenvalue weighted by Gasteiger charge is 2.16. The number of hydrogen-bond donors (Lipinski definition) is 2. The Morgan fingerprint density at radius 1 is 1.62 bits per heavy atom. The van der Waals surface area contributed by atoms with Crippen LogP contribution < -0.4 is 5.73 Å². The number of carboxylic acids is 1. The predicted octanol–water partition coefficient (Wildman–Crippen LogP) is 2.12. The van der Waals surface area contributed by atoms with Gasteiger partial charge in [0.1, 0.15) is 4.88 Å². The number of rotatable bonds is 2. The highest BCUT2D eigenvalue weighted by Crippen LogP contribution is 2.34. The van der Waals surface area contributed by atoms with Gasteiger partial charge in [-0.05, 0) is 11.4 Å². The van der Waals surface area contributed by atoms with Crippen molar-refractivity contribution >= 4 is 38.0 Å². The molecule has 2 heterocycles. The maximum Gasteiger partial charge on any atom is 0.346 e. The average molecular weight is 213 g/mol. The number of carboxylic acid groups (broad SMARTS) is 1. The van der Waals surface area contributed by atoms with Crippen LogP contribution in [0.2, 0.25) is 0 Å². The Balaban J connectivity index is 2.74. The molecule has 2 aromatic heterocycles. The van der Waals surface area contributed by atoms with Gasteiger partial charge < -0.3 is 10.8 Å². The smallest absolute Gasteiger partial charge is 0.346 e. The van der Waals surface area contributed by atoms with E-state index in [0.29, 0.717) is 11.4 Å². The van der Waals surface area contributed by atoms with E-state index in [2.05, 4.69) is 0 Å². The standard InChI is InChI=1S/C8H7NO2S2/c9-3-4-6-5(1-2-12-6)13-7(4)8(10)11/h1-2H,3,9H2,(H,10,11). The first-order chi connectivity index (χ1) is 6.24. The fourth-order valence-corrected chi connectivity index (χ4v) is 3.47. The third kappa shape index (κ3) is 1.25. The molecule has 3 N–H and O–H groups in total. The van der Waals surface area contributed by atoms with Gasteiger partial charge in [-0.25, -0.2) is 4.79 Å². The number of aromatic carboxylic acids is 1. The summed E-state index contributed by atoms with van der Waals surface area (Å²) >= 11 is 2.84. The second kappa shape index (κ2) is 3.10. The van der Waals surface area contributed by atoms with Gasteiger partial charge in [-0.1, -0.05) is 0 Å². The zero-order valence-corrected chi connectivity index (χ0v) is 8.24. The first-order valence-corrected chi connectivity index (χ1v) is 5.36. The summed E-state index contributed by atoms with van der Waals surface area (Å²) in [5.41, 5.74) is 6.27. The van der Waals surface area contributed by atoms with E-state index in [1.54, 1.807) is 11.3 Å². The van der Waals surface area contributed by atoms with Gasteiger partial charge in [0.25, 0.3) is 0 Å². The van der Waals surface area contributed by atoms with E-state index < -0.39 is 5.97 Å². The molecule has 0 saturated heterocycles. The number of fused-ring (bicyclic) bond motifs is 1. The first-order valence-electron chi connectivity index (χ1n) is 3.66. The number of carbonyl (C=O) groups is 1. The molecule has 0 atom stereocenters. The van der Waals surface area contributed by atoms with Crippen LogP contribution in [0.5, 0.6) is 0 Å². The van der Waals surface area contributed by atoms with Crippen LogP contribution in [-0.2, 0) is 6.54 Å². The van der Waals surface area contributed by atoms with Gasteiger partial charge in [-0.15, -0.1) is 22.7 Å².